The molecule has 0 amide bonds. The zero-order valence-corrected chi connectivity index (χ0v) is 16.6. The summed E-state index contributed by atoms with van der Waals surface area (Å²) in [7, 11) is 0. The summed E-state index contributed by atoms with van der Waals surface area (Å²) in [5.41, 5.74) is 7.01. The van der Waals surface area contributed by atoms with Crippen molar-refractivity contribution in [1.29, 1.82) is 0 Å². The van der Waals surface area contributed by atoms with Crippen molar-refractivity contribution < 1.29 is 17.9 Å². The minimum Gasteiger partial charge on any atom is -0.457 e. The van der Waals surface area contributed by atoms with Gasteiger partial charge in [-0.15, -0.1) is 0 Å². The number of fused-ring (bicyclic) bond motifs is 1. The predicted octanol–water partition coefficient (Wildman–Crippen LogP) is 6.32. The van der Waals surface area contributed by atoms with Gasteiger partial charge >= 0.3 is 6.18 Å². The summed E-state index contributed by atoms with van der Waals surface area (Å²) < 4.78 is 45.9. The van der Waals surface area contributed by atoms with Crippen LogP contribution in [0.1, 0.15) is 25.1 Å². The van der Waals surface area contributed by atoms with Gasteiger partial charge in [-0.25, -0.2) is 4.68 Å². The number of nitrogens with two attached hydrogens (primary N) is 1. The summed E-state index contributed by atoms with van der Waals surface area (Å²) in [5, 5.41) is 5.26. The maximum atomic E-state index is 12.8. The molecule has 7 heteroatoms. The van der Waals surface area contributed by atoms with Crippen LogP contribution >= 0.6 is 0 Å². The van der Waals surface area contributed by atoms with Crippen LogP contribution in [0.2, 0.25) is 0 Å². The number of aromatic nitrogens is 2. The number of rotatable bonds is 4. The number of hydrogen-bond donors (Lipinski definition) is 1. The molecule has 0 aliphatic heterocycles. The molecule has 3 aromatic carbocycles. The molecular weight excluding hydrogens is 391 g/mol. The third kappa shape index (κ3) is 4.46. The van der Waals surface area contributed by atoms with Crippen LogP contribution in [0.5, 0.6) is 11.5 Å². The molecule has 0 saturated heterocycles. The molecule has 4 rings (SSSR count). The van der Waals surface area contributed by atoms with Crippen molar-refractivity contribution in [3.63, 3.8) is 0 Å². The highest BCUT2D eigenvalue weighted by Gasteiger charge is 2.30. The van der Waals surface area contributed by atoms with Crippen LogP contribution in [0.3, 0.4) is 0 Å². The van der Waals surface area contributed by atoms with E-state index in [2.05, 4.69) is 5.10 Å². The molecular formula is C23H22F3N3O. The van der Waals surface area contributed by atoms with E-state index in [-0.39, 0.29) is 6.54 Å². The Bertz CT molecular complexity index is 1100. The Kier molecular flexibility index (Phi) is 6.42. The molecule has 30 heavy (non-hydrogen) atoms. The highest BCUT2D eigenvalue weighted by atomic mass is 19.4. The van der Waals surface area contributed by atoms with Gasteiger partial charge in [0, 0.05) is 11.9 Å². The van der Waals surface area contributed by atoms with Gasteiger partial charge in [0.25, 0.3) is 0 Å². The Hall–Kier alpha value is -3.32. The average Bonchev–Trinajstić information content (AvgIpc) is 3.13. The molecule has 0 atom stereocenters. The fourth-order valence-electron chi connectivity index (χ4n) is 2.99. The van der Waals surface area contributed by atoms with Crippen LogP contribution in [-0.4, -0.2) is 9.78 Å². The molecule has 0 bridgehead atoms. The van der Waals surface area contributed by atoms with E-state index in [1.807, 2.05) is 56.3 Å². The number of benzene rings is 3. The summed E-state index contributed by atoms with van der Waals surface area (Å²) >= 11 is 0. The van der Waals surface area contributed by atoms with Crippen LogP contribution in [0.25, 0.3) is 16.6 Å². The normalized spacial score (nSPS) is 11.1. The van der Waals surface area contributed by atoms with E-state index < -0.39 is 11.7 Å². The Morgan fingerprint density at radius 2 is 1.57 bits per heavy atom. The van der Waals surface area contributed by atoms with Crippen LogP contribution in [-0.2, 0) is 12.7 Å². The van der Waals surface area contributed by atoms with Crippen molar-refractivity contribution in [2.45, 2.75) is 26.6 Å². The zero-order chi connectivity index (χ0) is 21.7. The molecule has 0 fully saturated rings. The first-order chi connectivity index (χ1) is 14.5. The molecule has 1 aromatic heterocycles. The molecule has 0 aliphatic rings. The van der Waals surface area contributed by atoms with Crippen LogP contribution in [0.15, 0.2) is 72.8 Å². The van der Waals surface area contributed by atoms with Crippen LogP contribution in [0, 0.1) is 0 Å². The molecule has 0 radical (unpaired) electrons. The van der Waals surface area contributed by atoms with E-state index in [9.17, 15) is 13.2 Å². The Balaban J connectivity index is 0.00000124. The summed E-state index contributed by atoms with van der Waals surface area (Å²) in [6.45, 7) is 4.19. The van der Waals surface area contributed by atoms with E-state index in [4.69, 9.17) is 10.5 Å². The summed E-state index contributed by atoms with van der Waals surface area (Å²) in [6, 6.07) is 19.6. The summed E-state index contributed by atoms with van der Waals surface area (Å²) in [4.78, 5) is 0. The molecule has 4 aromatic rings. The van der Waals surface area contributed by atoms with Gasteiger partial charge in [0.1, 0.15) is 11.5 Å². The average molecular weight is 413 g/mol. The number of halogens is 3. The Morgan fingerprint density at radius 1 is 0.900 bits per heavy atom. The van der Waals surface area contributed by atoms with E-state index in [0.717, 1.165) is 23.0 Å². The van der Waals surface area contributed by atoms with Crippen molar-refractivity contribution in [3.8, 4) is 17.2 Å². The number of hydrogen-bond acceptors (Lipinski definition) is 3. The SMILES string of the molecule is CC.NCc1nn(-c2ccc(C(F)(F)F)cc2)c2ccc(Oc3ccccc3)cc12. The molecule has 4 nitrogen and oxygen atoms in total. The lowest BCUT2D eigenvalue weighted by atomic mass is 10.2. The van der Waals surface area contributed by atoms with Gasteiger partial charge in [0.15, 0.2) is 0 Å². The summed E-state index contributed by atoms with van der Waals surface area (Å²) in [6.07, 6.45) is -4.38. The lowest BCUT2D eigenvalue weighted by Crippen LogP contribution is -2.05. The van der Waals surface area contributed by atoms with Gasteiger partial charge < -0.3 is 10.5 Å². The number of nitrogens with zero attached hydrogens (tertiary/aromatic N) is 2. The van der Waals surface area contributed by atoms with Crippen LogP contribution in [0.4, 0.5) is 13.2 Å². The highest BCUT2D eigenvalue weighted by Crippen LogP contribution is 2.32. The van der Waals surface area contributed by atoms with Gasteiger partial charge in [-0.1, -0.05) is 32.0 Å². The van der Waals surface area contributed by atoms with Crippen molar-refractivity contribution >= 4 is 10.9 Å². The van der Waals surface area contributed by atoms with Crippen molar-refractivity contribution in [2.24, 2.45) is 5.73 Å². The van der Waals surface area contributed by atoms with Gasteiger partial charge in [-0.2, -0.15) is 18.3 Å². The minimum absolute atomic E-state index is 0.193. The Labute approximate surface area is 172 Å². The minimum atomic E-state index is -4.38. The van der Waals surface area contributed by atoms with Gasteiger partial charge in [-0.3, -0.25) is 0 Å². The lowest BCUT2D eigenvalue weighted by Gasteiger charge is -2.09. The van der Waals surface area contributed by atoms with E-state index >= 15 is 0 Å². The van der Waals surface area contributed by atoms with Gasteiger partial charge in [0.05, 0.1) is 22.5 Å². The Morgan fingerprint density at radius 3 is 2.17 bits per heavy atom. The maximum Gasteiger partial charge on any atom is 0.416 e. The summed E-state index contributed by atoms with van der Waals surface area (Å²) in [5.74, 6) is 1.33. The predicted molar refractivity (Wildman–Crippen MR) is 112 cm³/mol. The largest absolute Gasteiger partial charge is 0.457 e. The molecule has 2 N–H and O–H groups in total. The zero-order valence-electron chi connectivity index (χ0n) is 16.6. The van der Waals surface area contributed by atoms with Gasteiger partial charge in [-0.05, 0) is 54.6 Å². The number of para-hydroxylation sites is 1. The van der Waals surface area contributed by atoms with E-state index in [1.165, 1.54) is 12.1 Å². The first-order valence-corrected chi connectivity index (χ1v) is 9.58. The second kappa shape index (κ2) is 9.00. The lowest BCUT2D eigenvalue weighted by molar-refractivity contribution is -0.137. The second-order valence-corrected chi connectivity index (χ2v) is 6.20. The topological polar surface area (TPSA) is 53.1 Å². The molecule has 0 saturated carbocycles. The standard InChI is InChI=1S/C21H16F3N3O.C2H6/c22-21(23,24)14-6-8-15(9-7-14)27-20-11-10-17(12-18(20)19(13-25)26-27)28-16-4-2-1-3-5-16;1-2/h1-12H,13,25H2;1-2H3. The molecule has 1 heterocycles. The van der Waals surface area contributed by atoms with Crippen molar-refractivity contribution in [3.05, 3.63) is 84.1 Å². The number of alkyl halides is 3. The first-order valence-electron chi connectivity index (χ1n) is 9.58. The highest BCUT2D eigenvalue weighted by molar-refractivity contribution is 5.85. The fourth-order valence-corrected chi connectivity index (χ4v) is 2.99. The molecule has 156 valence electrons. The molecule has 0 aliphatic carbocycles. The first kappa shape index (κ1) is 21.4. The van der Waals surface area contributed by atoms with Crippen molar-refractivity contribution in [2.75, 3.05) is 0 Å². The smallest absolute Gasteiger partial charge is 0.416 e. The maximum absolute atomic E-state index is 12.8. The molecule has 0 spiro atoms. The fraction of sp³-hybridized carbons (Fsp3) is 0.174. The quantitative estimate of drug-likeness (QED) is 0.426. The van der Waals surface area contributed by atoms with E-state index in [0.29, 0.717) is 22.9 Å². The monoisotopic (exact) mass is 413 g/mol. The number of ether oxygens (including phenoxy) is 1. The molecule has 0 unspecified atom stereocenters. The van der Waals surface area contributed by atoms with Gasteiger partial charge in [0.2, 0.25) is 0 Å². The third-order valence-electron chi connectivity index (χ3n) is 4.34. The van der Waals surface area contributed by atoms with Crippen molar-refractivity contribution in [1.82, 2.24) is 9.78 Å². The third-order valence-corrected chi connectivity index (χ3v) is 4.34. The van der Waals surface area contributed by atoms with E-state index in [1.54, 1.807) is 10.7 Å². The second-order valence-electron chi connectivity index (χ2n) is 6.20. The van der Waals surface area contributed by atoms with Crippen LogP contribution < -0.4 is 10.5 Å².